The zero-order valence-electron chi connectivity index (χ0n) is 15.2. The fourth-order valence-corrected chi connectivity index (χ4v) is 3.71. The van der Waals surface area contributed by atoms with Crippen LogP contribution in [-0.4, -0.2) is 32.4 Å². The molecule has 6 nitrogen and oxygen atoms in total. The number of methoxy groups -OCH3 is 3. The lowest BCUT2D eigenvalue weighted by molar-refractivity contribution is -0.115. The summed E-state index contributed by atoms with van der Waals surface area (Å²) < 4.78 is 16.1. The van der Waals surface area contributed by atoms with Crippen molar-refractivity contribution in [1.29, 1.82) is 0 Å². The van der Waals surface area contributed by atoms with Gasteiger partial charge < -0.3 is 19.5 Å². The molecule has 0 aliphatic carbocycles. The van der Waals surface area contributed by atoms with E-state index in [0.717, 1.165) is 0 Å². The first-order valence-electron chi connectivity index (χ1n) is 8.01. The molecule has 1 fully saturated rings. The van der Waals surface area contributed by atoms with Crippen molar-refractivity contribution in [3.05, 3.63) is 50.8 Å². The molecule has 2 aromatic rings. The molecule has 0 radical (unpaired) electrons. The van der Waals surface area contributed by atoms with Gasteiger partial charge in [0.2, 0.25) is 5.75 Å². The molecule has 0 spiro atoms. The van der Waals surface area contributed by atoms with Gasteiger partial charge in [-0.15, -0.1) is 0 Å². The molecule has 2 aromatic carbocycles. The van der Waals surface area contributed by atoms with E-state index in [-0.39, 0.29) is 5.91 Å². The first kappa shape index (κ1) is 20.4. The number of nitrogens with zero attached hydrogens (tertiary/aromatic N) is 1. The van der Waals surface area contributed by atoms with E-state index in [9.17, 15) is 4.79 Å². The summed E-state index contributed by atoms with van der Waals surface area (Å²) in [5.41, 5.74) is 1.14. The highest BCUT2D eigenvalue weighted by atomic mass is 35.5. The molecule has 1 amide bonds. The van der Waals surface area contributed by atoms with E-state index >= 15 is 0 Å². The van der Waals surface area contributed by atoms with Gasteiger partial charge in [0.05, 0.1) is 42.0 Å². The smallest absolute Gasteiger partial charge is 0.264 e. The molecule has 1 saturated heterocycles. The Morgan fingerprint density at radius 3 is 2.46 bits per heavy atom. The van der Waals surface area contributed by atoms with Gasteiger partial charge >= 0.3 is 0 Å². The third-order valence-corrected chi connectivity index (χ3v) is 5.54. The summed E-state index contributed by atoms with van der Waals surface area (Å²) in [6, 6.07) is 8.64. The quantitative estimate of drug-likeness (QED) is 0.671. The van der Waals surface area contributed by atoms with E-state index in [1.165, 1.54) is 26.0 Å². The van der Waals surface area contributed by atoms with Gasteiger partial charge in [-0.2, -0.15) is 0 Å². The molecule has 1 aliphatic heterocycles. The zero-order valence-corrected chi connectivity index (χ0v) is 17.5. The van der Waals surface area contributed by atoms with Gasteiger partial charge in [-0.25, -0.2) is 4.99 Å². The summed E-state index contributed by atoms with van der Waals surface area (Å²) in [5.74, 6) is 1.16. The Morgan fingerprint density at radius 2 is 1.79 bits per heavy atom. The molecule has 9 heteroatoms. The number of rotatable bonds is 5. The third kappa shape index (κ3) is 4.06. The molecule has 0 aromatic heterocycles. The molecule has 1 N–H and O–H groups in total. The summed E-state index contributed by atoms with van der Waals surface area (Å²) >= 11 is 13.4. The number of nitrogens with one attached hydrogen (secondary N) is 1. The van der Waals surface area contributed by atoms with Gasteiger partial charge in [-0.05, 0) is 42.1 Å². The molecule has 0 unspecified atom stereocenters. The number of halogens is 2. The van der Waals surface area contributed by atoms with Crippen LogP contribution in [0.3, 0.4) is 0 Å². The number of thioether (sulfide) groups is 1. The first-order chi connectivity index (χ1) is 13.5. The number of aliphatic imine (C=N–C) groups is 1. The lowest BCUT2D eigenvalue weighted by Crippen LogP contribution is -2.19. The number of carbonyl (C=O) groups excluding carboxylic acids is 1. The summed E-state index contributed by atoms with van der Waals surface area (Å²) in [6.07, 6.45) is 1.70. The standard InChI is InChI=1S/C19H16Cl2N2O4S/c1-25-13-8-7-10(16(26-2)17(13)27-3)9-14-18(24)23-19(28-14)22-12-6-4-5-11(20)15(12)21/h4-9H,1-3H3,(H,22,23,24)/b14-9+. The Labute approximate surface area is 176 Å². The summed E-state index contributed by atoms with van der Waals surface area (Å²) in [6.45, 7) is 0. The van der Waals surface area contributed by atoms with Crippen LogP contribution in [0.5, 0.6) is 17.2 Å². The largest absolute Gasteiger partial charge is 0.493 e. The van der Waals surface area contributed by atoms with Crippen LogP contribution in [0.4, 0.5) is 5.69 Å². The second-order valence-corrected chi connectivity index (χ2v) is 7.29. The molecule has 28 heavy (non-hydrogen) atoms. The Hall–Kier alpha value is -2.35. The van der Waals surface area contributed by atoms with E-state index in [1.807, 2.05) is 0 Å². The third-order valence-electron chi connectivity index (χ3n) is 3.83. The van der Waals surface area contributed by atoms with Gasteiger partial charge in [0.1, 0.15) is 0 Å². The minimum atomic E-state index is -0.279. The minimum Gasteiger partial charge on any atom is -0.493 e. The Bertz CT molecular complexity index is 992. The van der Waals surface area contributed by atoms with Crippen molar-refractivity contribution in [3.8, 4) is 17.2 Å². The van der Waals surface area contributed by atoms with Crippen LogP contribution in [0.2, 0.25) is 10.0 Å². The molecule has 3 rings (SSSR count). The topological polar surface area (TPSA) is 69.2 Å². The monoisotopic (exact) mass is 438 g/mol. The van der Waals surface area contributed by atoms with Crippen molar-refractivity contribution in [2.45, 2.75) is 0 Å². The number of benzene rings is 2. The molecule has 0 atom stereocenters. The van der Waals surface area contributed by atoms with E-state index in [0.29, 0.717) is 48.6 Å². The molecular formula is C19H16Cl2N2O4S. The van der Waals surface area contributed by atoms with Gasteiger partial charge in [-0.1, -0.05) is 29.3 Å². The molecule has 146 valence electrons. The average Bonchev–Trinajstić information content (AvgIpc) is 3.03. The molecular weight excluding hydrogens is 423 g/mol. The van der Waals surface area contributed by atoms with Crippen molar-refractivity contribution >= 4 is 57.8 Å². The predicted molar refractivity (Wildman–Crippen MR) is 113 cm³/mol. The molecule has 0 bridgehead atoms. The number of carbonyl (C=O) groups is 1. The summed E-state index contributed by atoms with van der Waals surface area (Å²) in [7, 11) is 4.59. The Kier molecular flexibility index (Phi) is 6.39. The van der Waals surface area contributed by atoms with Crippen LogP contribution >= 0.6 is 35.0 Å². The molecule has 0 saturated carbocycles. The SMILES string of the molecule is COc1ccc(/C=C2/SC(=Nc3cccc(Cl)c3Cl)NC2=O)c(OC)c1OC. The Morgan fingerprint density at radius 1 is 1.04 bits per heavy atom. The summed E-state index contributed by atoms with van der Waals surface area (Å²) in [4.78, 5) is 17.2. The van der Waals surface area contributed by atoms with Crippen molar-refractivity contribution in [2.75, 3.05) is 21.3 Å². The van der Waals surface area contributed by atoms with Crippen molar-refractivity contribution < 1.29 is 19.0 Å². The fourth-order valence-electron chi connectivity index (χ4n) is 2.55. The fraction of sp³-hybridized carbons (Fsp3) is 0.158. The van der Waals surface area contributed by atoms with E-state index in [1.54, 1.807) is 43.5 Å². The van der Waals surface area contributed by atoms with Gasteiger partial charge in [0.25, 0.3) is 5.91 Å². The maximum absolute atomic E-state index is 12.4. The lowest BCUT2D eigenvalue weighted by atomic mass is 10.1. The number of ether oxygens (including phenoxy) is 3. The van der Waals surface area contributed by atoms with Crippen LogP contribution in [0.1, 0.15) is 5.56 Å². The highest BCUT2D eigenvalue weighted by Crippen LogP contribution is 2.42. The van der Waals surface area contributed by atoms with Crippen LogP contribution < -0.4 is 19.5 Å². The van der Waals surface area contributed by atoms with E-state index < -0.39 is 0 Å². The lowest BCUT2D eigenvalue weighted by Gasteiger charge is -2.14. The molecule has 1 aliphatic rings. The minimum absolute atomic E-state index is 0.279. The Balaban J connectivity index is 1.95. The summed E-state index contributed by atoms with van der Waals surface area (Å²) in [5, 5.41) is 3.83. The second kappa shape index (κ2) is 8.77. The zero-order chi connectivity index (χ0) is 20.3. The normalized spacial score (nSPS) is 16.4. The second-order valence-electron chi connectivity index (χ2n) is 5.48. The van der Waals surface area contributed by atoms with Crippen molar-refractivity contribution in [2.24, 2.45) is 4.99 Å². The number of amides is 1. The van der Waals surface area contributed by atoms with Crippen molar-refractivity contribution in [1.82, 2.24) is 5.32 Å². The molecule has 1 heterocycles. The number of amidine groups is 1. The van der Waals surface area contributed by atoms with Crippen LogP contribution in [0.15, 0.2) is 40.2 Å². The van der Waals surface area contributed by atoms with Crippen LogP contribution in [-0.2, 0) is 4.79 Å². The van der Waals surface area contributed by atoms with Crippen LogP contribution in [0, 0.1) is 0 Å². The highest BCUT2D eigenvalue weighted by molar-refractivity contribution is 8.18. The van der Waals surface area contributed by atoms with Crippen molar-refractivity contribution in [3.63, 3.8) is 0 Å². The van der Waals surface area contributed by atoms with E-state index in [4.69, 9.17) is 37.4 Å². The van der Waals surface area contributed by atoms with Gasteiger partial charge in [-0.3, -0.25) is 4.79 Å². The van der Waals surface area contributed by atoms with Gasteiger partial charge in [0, 0.05) is 5.56 Å². The maximum Gasteiger partial charge on any atom is 0.264 e. The predicted octanol–water partition coefficient (Wildman–Crippen LogP) is 4.91. The van der Waals surface area contributed by atoms with Gasteiger partial charge in [0.15, 0.2) is 16.7 Å². The number of hydrogen-bond donors (Lipinski definition) is 1. The van der Waals surface area contributed by atoms with E-state index in [2.05, 4.69) is 10.3 Å². The number of hydrogen-bond acceptors (Lipinski definition) is 6. The average molecular weight is 439 g/mol. The first-order valence-corrected chi connectivity index (χ1v) is 9.58. The van der Waals surface area contributed by atoms with Crippen LogP contribution in [0.25, 0.3) is 6.08 Å². The highest BCUT2D eigenvalue weighted by Gasteiger charge is 2.25. The maximum atomic E-state index is 12.4.